The van der Waals surface area contributed by atoms with Gasteiger partial charge >= 0.3 is 0 Å². The van der Waals surface area contributed by atoms with Gasteiger partial charge in [0.15, 0.2) is 0 Å². The van der Waals surface area contributed by atoms with Crippen molar-refractivity contribution in [1.29, 1.82) is 0 Å². The number of ether oxygens (including phenoxy) is 2. The van der Waals surface area contributed by atoms with Gasteiger partial charge in [-0.15, -0.1) is 0 Å². The zero-order valence-corrected chi connectivity index (χ0v) is 10.0. The molecule has 0 bridgehead atoms. The summed E-state index contributed by atoms with van der Waals surface area (Å²) < 4.78 is 35.8. The molecule has 0 aliphatic rings. The van der Waals surface area contributed by atoms with Crippen LogP contribution in [0.5, 0.6) is 0 Å². The van der Waals surface area contributed by atoms with Gasteiger partial charge in [0.2, 0.25) is 0 Å². The highest BCUT2D eigenvalue weighted by atomic mass is 32.2. The van der Waals surface area contributed by atoms with Crippen LogP contribution in [-0.2, 0) is 23.8 Å². The Bertz CT molecular complexity index is 270. The fourth-order valence-electron chi connectivity index (χ4n) is 0.754. The Morgan fingerprint density at radius 1 is 1.20 bits per heavy atom. The third kappa shape index (κ3) is 13.4. The lowest BCUT2D eigenvalue weighted by atomic mass is 10.5. The minimum absolute atomic E-state index is 0.0557. The molecule has 0 aliphatic carbocycles. The topological polar surface area (TPSA) is 61.8 Å². The minimum atomic E-state index is -3.35. The SMILES string of the molecule is C=C(C)OCCCOCCOS(C)(=O)=O. The van der Waals surface area contributed by atoms with Crippen molar-refractivity contribution in [1.82, 2.24) is 0 Å². The zero-order chi connectivity index (χ0) is 11.7. The molecule has 0 N–H and O–H groups in total. The minimum Gasteiger partial charge on any atom is -0.499 e. The van der Waals surface area contributed by atoms with Crippen molar-refractivity contribution in [3.8, 4) is 0 Å². The molecular weight excluding hydrogens is 220 g/mol. The highest BCUT2D eigenvalue weighted by molar-refractivity contribution is 7.85. The fraction of sp³-hybridized carbons (Fsp3) is 0.778. The molecule has 0 atom stereocenters. The van der Waals surface area contributed by atoms with Gasteiger partial charge in [-0.25, -0.2) is 0 Å². The quantitative estimate of drug-likeness (QED) is 0.339. The summed E-state index contributed by atoms with van der Waals surface area (Å²) in [6.45, 7) is 6.75. The molecule has 0 fully saturated rings. The van der Waals surface area contributed by atoms with E-state index >= 15 is 0 Å². The third-order valence-corrected chi connectivity index (χ3v) is 1.90. The average molecular weight is 238 g/mol. The molecule has 0 amide bonds. The maximum atomic E-state index is 10.5. The van der Waals surface area contributed by atoms with Gasteiger partial charge in [-0.2, -0.15) is 8.42 Å². The smallest absolute Gasteiger partial charge is 0.264 e. The largest absolute Gasteiger partial charge is 0.499 e. The summed E-state index contributed by atoms with van der Waals surface area (Å²) >= 11 is 0. The van der Waals surface area contributed by atoms with E-state index in [1.54, 1.807) is 6.92 Å². The van der Waals surface area contributed by atoms with Crippen LogP contribution in [0.4, 0.5) is 0 Å². The summed E-state index contributed by atoms with van der Waals surface area (Å²) in [4.78, 5) is 0. The second kappa shape index (κ2) is 7.67. The molecule has 0 rings (SSSR count). The molecule has 0 saturated heterocycles. The lowest BCUT2D eigenvalue weighted by molar-refractivity contribution is 0.0847. The Hall–Kier alpha value is -0.590. The van der Waals surface area contributed by atoms with Crippen molar-refractivity contribution in [3.63, 3.8) is 0 Å². The van der Waals surface area contributed by atoms with Gasteiger partial charge in [-0.3, -0.25) is 4.18 Å². The van der Waals surface area contributed by atoms with Crippen molar-refractivity contribution < 1.29 is 22.1 Å². The van der Waals surface area contributed by atoms with Crippen molar-refractivity contribution in [3.05, 3.63) is 12.3 Å². The van der Waals surface area contributed by atoms with E-state index in [9.17, 15) is 8.42 Å². The summed E-state index contributed by atoms with van der Waals surface area (Å²) in [7, 11) is -3.35. The molecule has 90 valence electrons. The first kappa shape index (κ1) is 14.4. The van der Waals surface area contributed by atoms with Crippen LogP contribution in [-0.4, -0.2) is 41.1 Å². The Labute approximate surface area is 91.1 Å². The first-order chi connectivity index (χ1) is 6.92. The van der Waals surface area contributed by atoms with Crippen LogP contribution < -0.4 is 0 Å². The Morgan fingerprint density at radius 2 is 1.87 bits per heavy atom. The number of hydrogen-bond acceptors (Lipinski definition) is 5. The summed E-state index contributed by atoms with van der Waals surface area (Å²) in [6.07, 6.45) is 1.75. The second-order valence-corrected chi connectivity index (χ2v) is 4.69. The van der Waals surface area contributed by atoms with Crippen molar-refractivity contribution >= 4 is 10.1 Å². The van der Waals surface area contributed by atoms with Gasteiger partial charge in [-0.1, -0.05) is 6.58 Å². The average Bonchev–Trinajstić information content (AvgIpc) is 2.07. The molecule has 0 aliphatic heterocycles. The maximum absolute atomic E-state index is 10.5. The number of allylic oxidation sites excluding steroid dienone is 1. The monoisotopic (exact) mass is 238 g/mol. The van der Waals surface area contributed by atoms with Gasteiger partial charge in [0.05, 0.1) is 31.8 Å². The molecule has 0 aromatic heterocycles. The molecule has 0 heterocycles. The summed E-state index contributed by atoms with van der Waals surface area (Å²) in [5, 5.41) is 0. The van der Waals surface area contributed by atoms with Gasteiger partial charge in [0.25, 0.3) is 10.1 Å². The van der Waals surface area contributed by atoms with E-state index in [2.05, 4.69) is 10.8 Å². The molecule has 5 nitrogen and oxygen atoms in total. The van der Waals surface area contributed by atoms with Gasteiger partial charge in [0.1, 0.15) is 0 Å². The van der Waals surface area contributed by atoms with Crippen LogP contribution >= 0.6 is 0 Å². The number of hydrogen-bond donors (Lipinski definition) is 0. The Kier molecular flexibility index (Phi) is 7.37. The van der Waals surface area contributed by atoms with Crippen molar-refractivity contribution in [2.75, 3.05) is 32.7 Å². The molecule has 0 unspecified atom stereocenters. The Morgan fingerprint density at radius 3 is 2.40 bits per heavy atom. The summed E-state index contributed by atoms with van der Waals surface area (Å²) in [5.41, 5.74) is 0. The Balaban J connectivity index is 3.16. The van der Waals surface area contributed by atoms with Crippen molar-refractivity contribution in [2.24, 2.45) is 0 Å². The third-order valence-electron chi connectivity index (χ3n) is 1.31. The standard InChI is InChI=1S/C9H18O5S/c1-9(2)13-6-4-5-12-7-8-14-15(3,10)11/h1,4-8H2,2-3H3. The molecule has 0 spiro atoms. The highest BCUT2D eigenvalue weighted by Crippen LogP contribution is 1.93. The molecule has 6 heteroatoms. The van der Waals surface area contributed by atoms with E-state index in [0.717, 1.165) is 12.7 Å². The lowest BCUT2D eigenvalue weighted by Crippen LogP contribution is -2.10. The van der Waals surface area contributed by atoms with E-state index < -0.39 is 10.1 Å². The number of rotatable bonds is 9. The van der Waals surface area contributed by atoms with E-state index in [4.69, 9.17) is 9.47 Å². The first-order valence-corrected chi connectivity index (χ1v) is 6.44. The van der Waals surface area contributed by atoms with Crippen LogP contribution in [0.25, 0.3) is 0 Å². The fourth-order valence-corrected chi connectivity index (χ4v) is 1.12. The second-order valence-electron chi connectivity index (χ2n) is 3.04. The normalized spacial score (nSPS) is 11.3. The molecule has 0 radical (unpaired) electrons. The van der Waals surface area contributed by atoms with Crippen molar-refractivity contribution in [2.45, 2.75) is 13.3 Å². The van der Waals surface area contributed by atoms with Crippen LogP contribution in [0.1, 0.15) is 13.3 Å². The summed E-state index contributed by atoms with van der Waals surface area (Å²) in [5.74, 6) is 0.676. The van der Waals surface area contributed by atoms with Crippen LogP contribution in [0.15, 0.2) is 12.3 Å². The van der Waals surface area contributed by atoms with Gasteiger partial charge in [-0.05, 0) is 6.92 Å². The van der Waals surface area contributed by atoms with Crippen LogP contribution in [0.3, 0.4) is 0 Å². The predicted molar refractivity (Wildman–Crippen MR) is 57.0 cm³/mol. The molecular formula is C9H18O5S. The van der Waals surface area contributed by atoms with Gasteiger partial charge in [0, 0.05) is 13.0 Å². The maximum Gasteiger partial charge on any atom is 0.264 e. The summed E-state index contributed by atoms with van der Waals surface area (Å²) in [6, 6.07) is 0. The first-order valence-electron chi connectivity index (χ1n) is 4.62. The highest BCUT2D eigenvalue weighted by Gasteiger charge is 2.00. The molecule has 0 saturated carbocycles. The predicted octanol–water partition coefficient (Wildman–Crippen LogP) is 0.920. The van der Waals surface area contributed by atoms with Crippen LogP contribution in [0, 0.1) is 0 Å². The zero-order valence-electron chi connectivity index (χ0n) is 9.19. The molecule has 0 aromatic carbocycles. The van der Waals surface area contributed by atoms with E-state index in [-0.39, 0.29) is 13.2 Å². The van der Waals surface area contributed by atoms with E-state index in [1.807, 2.05) is 0 Å². The van der Waals surface area contributed by atoms with Gasteiger partial charge < -0.3 is 9.47 Å². The van der Waals surface area contributed by atoms with Crippen LogP contribution in [0.2, 0.25) is 0 Å². The van der Waals surface area contributed by atoms with E-state index in [1.165, 1.54) is 0 Å². The van der Waals surface area contributed by atoms with E-state index in [0.29, 0.717) is 19.0 Å². The molecule has 0 aromatic rings. The molecule has 15 heavy (non-hydrogen) atoms. The lowest BCUT2D eigenvalue weighted by Gasteiger charge is -2.05.